The third-order valence-electron chi connectivity index (χ3n) is 3.20. The zero-order chi connectivity index (χ0) is 12.3. The summed E-state index contributed by atoms with van der Waals surface area (Å²) in [5.41, 5.74) is 2.24. The number of nitrogens with one attached hydrogen (secondary N) is 2. The van der Waals surface area contributed by atoms with Gasteiger partial charge in [0, 0.05) is 18.3 Å². The molecular formula is C13H19ClN2O. The summed E-state index contributed by atoms with van der Waals surface area (Å²) >= 11 is 6.12. The van der Waals surface area contributed by atoms with Crippen LogP contribution in [0.3, 0.4) is 0 Å². The molecule has 1 aromatic carbocycles. The number of anilines is 1. The fraction of sp³-hybridized carbons (Fsp3) is 0.538. The predicted molar refractivity (Wildman–Crippen MR) is 72.3 cm³/mol. The van der Waals surface area contributed by atoms with Gasteiger partial charge < -0.3 is 15.4 Å². The monoisotopic (exact) mass is 254 g/mol. The third kappa shape index (κ3) is 3.05. The molecule has 1 aromatic rings. The second-order valence-electron chi connectivity index (χ2n) is 4.48. The molecule has 1 heterocycles. The van der Waals surface area contributed by atoms with E-state index in [1.54, 1.807) is 7.11 Å². The maximum absolute atomic E-state index is 6.12. The van der Waals surface area contributed by atoms with Gasteiger partial charge in [0.1, 0.15) is 5.75 Å². The van der Waals surface area contributed by atoms with Gasteiger partial charge >= 0.3 is 0 Å². The van der Waals surface area contributed by atoms with Gasteiger partial charge in [-0.15, -0.1) is 0 Å². The molecule has 3 nitrogen and oxygen atoms in total. The van der Waals surface area contributed by atoms with E-state index in [1.165, 1.54) is 12.8 Å². The Hall–Kier alpha value is -0.930. The fourth-order valence-electron chi connectivity index (χ4n) is 2.17. The van der Waals surface area contributed by atoms with Gasteiger partial charge in [0.2, 0.25) is 0 Å². The molecule has 0 saturated carbocycles. The zero-order valence-electron chi connectivity index (χ0n) is 10.3. The van der Waals surface area contributed by atoms with Gasteiger partial charge in [-0.2, -0.15) is 0 Å². The molecule has 1 unspecified atom stereocenters. The number of ether oxygens (including phenoxy) is 1. The van der Waals surface area contributed by atoms with E-state index >= 15 is 0 Å². The summed E-state index contributed by atoms with van der Waals surface area (Å²) in [4.78, 5) is 0. The minimum Gasteiger partial charge on any atom is -0.495 e. The van der Waals surface area contributed by atoms with E-state index in [0.29, 0.717) is 11.1 Å². The first-order chi connectivity index (χ1) is 8.20. The first-order valence-corrected chi connectivity index (χ1v) is 6.40. The first kappa shape index (κ1) is 12.5. The highest BCUT2D eigenvalue weighted by Crippen LogP contribution is 2.30. The molecule has 1 aliphatic heterocycles. The minimum absolute atomic E-state index is 0.579. The summed E-state index contributed by atoms with van der Waals surface area (Å²) in [7, 11) is 1.64. The Morgan fingerprint density at radius 2 is 2.35 bits per heavy atom. The highest BCUT2D eigenvalue weighted by molar-refractivity contribution is 6.32. The van der Waals surface area contributed by atoms with Gasteiger partial charge in [-0.05, 0) is 44.0 Å². The highest BCUT2D eigenvalue weighted by Gasteiger charge is 2.14. The molecule has 0 spiro atoms. The van der Waals surface area contributed by atoms with E-state index in [2.05, 4.69) is 17.6 Å². The topological polar surface area (TPSA) is 33.3 Å². The average molecular weight is 255 g/mol. The van der Waals surface area contributed by atoms with Gasteiger partial charge in [-0.25, -0.2) is 0 Å². The summed E-state index contributed by atoms with van der Waals surface area (Å²) in [6.45, 7) is 4.14. The molecule has 1 saturated heterocycles. The van der Waals surface area contributed by atoms with Crippen LogP contribution in [0.5, 0.6) is 5.75 Å². The maximum Gasteiger partial charge on any atom is 0.137 e. The third-order valence-corrected chi connectivity index (χ3v) is 3.50. The normalized spacial score (nSPS) is 19.4. The lowest BCUT2D eigenvalue weighted by atomic mass is 10.1. The van der Waals surface area contributed by atoms with Crippen molar-refractivity contribution < 1.29 is 4.74 Å². The van der Waals surface area contributed by atoms with E-state index in [1.807, 2.05) is 12.1 Å². The average Bonchev–Trinajstić information content (AvgIpc) is 2.82. The van der Waals surface area contributed by atoms with Gasteiger partial charge in [-0.1, -0.05) is 11.6 Å². The minimum atomic E-state index is 0.579. The molecule has 4 heteroatoms. The molecule has 2 N–H and O–H groups in total. The van der Waals surface area contributed by atoms with Crippen molar-refractivity contribution >= 4 is 17.3 Å². The predicted octanol–water partition coefficient (Wildman–Crippen LogP) is 2.82. The number of rotatable bonds is 4. The van der Waals surface area contributed by atoms with Crippen molar-refractivity contribution in [3.8, 4) is 5.75 Å². The van der Waals surface area contributed by atoms with Gasteiger partial charge in [0.25, 0.3) is 0 Å². The van der Waals surface area contributed by atoms with Crippen LogP contribution in [-0.4, -0.2) is 26.2 Å². The maximum atomic E-state index is 6.12. The molecule has 0 amide bonds. The van der Waals surface area contributed by atoms with Crippen LogP contribution in [0.15, 0.2) is 12.1 Å². The van der Waals surface area contributed by atoms with Gasteiger partial charge in [0.05, 0.1) is 12.1 Å². The Morgan fingerprint density at radius 1 is 1.53 bits per heavy atom. The van der Waals surface area contributed by atoms with Crippen molar-refractivity contribution in [2.45, 2.75) is 25.8 Å². The van der Waals surface area contributed by atoms with Crippen molar-refractivity contribution in [1.29, 1.82) is 0 Å². The Labute approximate surface area is 107 Å². The van der Waals surface area contributed by atoms with Crippen LogP contribution in [0.2, 0.25) is 5.02 Å². The zero-order valence-corrected chi connectivity index (χ0v) is 11.1. The van der Waals surface area contributed by atoms with Crippen LogP contribution in [0.4, 0.5) is 5.69 Å². The number of halogens is 1. The Balaban J connectivity index is 2.02. The van der Waals surface area contributed by atoms with E-state index < -0.39 is 0 Å². The number of methoxy groups -OCH3 is 1. The van der Waals surface area contributed by atoms with E-state index in [-0.39, 0.29) is 0 Å². The molecule has 94 valence electrons. The summed E-state index contributed by atoms with van der Waals surface area (Å²) in [6.07, 6.45) is 2.52. The first-order valence-electron chi connectivity index (χ1n) is 6.02. The highest BCUT2D eigenvalue weighted by atomic mass is 35.5. The van der Waals surface area contributed by atoms with Crippen LogP contribution in [0, 0.1) is 6.92 Å². The van der Waals surface area contributed by atoms with Crippen LogP contribution in [-0.2, 0) is 0 Å². The number of hydrogen-bond acceptors (Lipinski definition) is 3. The molecule has 0 bridgehead atoms. The second-order valence-corrected chi connectivity index (χ2v) is 4.88. The smallest absolute Gasteiger partial charge is 0.137 e. The van der Waals surface area contributed by atoms with Crippen LogP contribution in [0.25, 0.3) is 0 Å². The molecule has 0 aliphatic carbocycles. The van der Waals surface area contributed by atoms with Gasteiger partial charge in [0.15, 0.2) is 0 Å². The van der Waals surface area contributed by atoms with Gasteiger partial charge in [-0.3, -0.25) is 0 Å². The van der Waals surface area contributed by atoms with E-state index in [4.69, 9.17) is 16.3 Å². The largest absolute Gasteiger partial charge is 0.495 e. The lowest BCUT2D eigenvalue weighted by Crippen LogP contribution is -2.29. The molecule has 0 aromatic heterocycles. The molecule has 1 aliphatic rings. The summed E-state index contributed by atoms with van der Waals surface area (Å²) in [5, 5.41) is 7.56. The van der Waals surface area contributed by atoms with Crippen molar-refractivity contribution in [3.63, 3.8) is 0 Å². The molecule has 17 heavy (non-hydrogen) atoms. The van der Waals surface area contributed by atoms with E-state index in [9.17, 15) is 0 Å². The Morgan fingerprint density at radius 3 is 3.00 bits per heavy atom. The lowest BCUT2D eigenvalue weighted by molar-refractivity contribution is 0.415. The fourth-order valence-corrected chi connectivity index (χ4v) is 2.41. The number of hydrogen-bond donors (Lipinski definition) is 2. The number of aryl methyl sites for hydroxylation is 1. The van der Waals surface area contributed by atoms with Crippen molar-refractivity contribution in [3.05, 3.63) is 22.7 Å². The SMILES string of the molecule is COc1cc(C)c(NCC2CCCN2)cc1Cl. The second kappa shape index (κ2) is 5.61. The van der Waals surface area contributed by atoms with Crippen molar-refractivity contribution in [2.75, 3.05) is 25.5 Å². The van der Waals surface area contributed by atoms with Crippen LogP contribution < -0.4 is 15.4 Å². The Bertz CT molecular complexity index is 389. The number of benzene rings is 1. The molecule has 0 radical (unpaired) electrons. The summed E-state index contributed by atoms with van der Waals surface area (Å²) in [6, 6.07) is 4.48. The molecule has 1 fully saturated rings. The van der Waals surface area contributed by atoms with Crippen molar-refractivity contribution in [2.24, 2.45) is 0 Å². The molecule has 2 rings (SSSR count). The summed E-state index contributed by atoms with van der Waals surface area (Å²) < 4.78 is 5.19. The molecule has 1 atom stereocenters. The lowest BCUT2D eigenvalue weighted by Gasteiger charge is -2.15. The quantitative estimate of drug-likeness (QED) is 0.867. The van der Waals surface area contributed by atoms with Crippen LogP contribution >= 0.6 is 11.6 Å². The Kier molecular flexibility index (Phi) is 4.13. The standard InChI is InChI=1S/C13H19ClN2O/c1-9-6-13(17-2)11(14)7-12(9)16-8-10-4-3-5-15-10/h6-7,10,15-16H,3-5,8H2,1-2H3. The van der Waals surface area contributed by atoms with Crippen molar-refractivity contribution in [1.82, 2.24) is 5.32 Å². The van der Waals surface area contributed by atoms with E-state index in [0.717, 1.165) is 30.1 Å². The van der Waals surface area contributed by atoms with Crippen LogP contribution in [0.1, 0.15) is 18.4 Å². The molecular weight excluding hydrogens is 236 g/mol. The summed E-state index contributed by atoms with van der Waals surface area (Å²) in [5.74, 6) is 0.730.